The van der Waals surface area contributed by atoms with Crippen molar-refractivity contribution in [3.8, 4) is 5.75 Å². The summed E-state index contributed by atoms with van der Waals surface area (Å²) in [6, 6.07) is 16.6. The zero-order chi connectivity index (χ0) is 25.9. The third-order valence-electron chi connectivity index (χ3n) is 5.95. The Labute approximate surface area is 205 Å². The van der Waals surface area contributed by atoms with E-state index in [9.17, 15) is 28.1 Å². The Kier molecular flexibility index (Phi) is 7.00. The molecule has 0 aliphatic carbocycles. The summed E-state index contributed by atoms with van der Waals surface area (Å²) in [5.41, 5.74) is 0.0455. The molecule has 1 fully saturated rings. The lowest BCUT2D eigenvalue weighted by atomic mass is 10.1. The number of anilines is 3. The topological polar surface area (TPSA) is 88.0 Å². The number of ether oxygens (including phenoxy) is 1. The number of carbonyl (C=O) groups is 1. The van der Waals surface area contributed by atoms with Crippen molar-refractivity contribution < 1.29 is 27.6 Å². The molecule has 3 aromatic carbocycles. The van der Waals surface area contributed by atoms with Crippen molar-refractivity contribution in [3.05, 3.63) is 88.0 Å². The predicted molar refractivity (Wildman–Crippen MR) is 130 cm³/mol. The van der Waals surface area contributed by atoms with Crippen LogP contribution in [0.5, 0.6) is 5.75 Å². The second-order valence-corrected chi connectivity index (χ2v) is 8.14. The summed E-state index contributed by atoms with van der Waals surface area (Å²) in [5, 5.41) is 13.8. The van der Waals surface area contributed by atoms with Crippen molar-refractivity contribution in [3.63, 3.8) is 0 Å². The standard InChI is InChI=1S/C25H23F3N4O4/c1-36-23-10-7-17(15-22(23)32(34)35)24(33)29-20-16-18(25(26,27)28)8-9-21(20)31-13-11-30(12-14-31)19-5-3-2-4-6-19/h2-10,15-16H,11-14H2,1H3,(H,29,33). The number of nitrogens with zero attached hydrogens (tertiary/aromatic N) is 3. The fraction of sp³-hybridized carbons (Fsp3) is 0.240. The van der Waals surface area contributed by atoms with Crippen molar-refractivity contribution in [1.29, 1.82) is 0 Å². The van der Waals surface area contributed by atoms with Gasteiger partial charge in [0, 0.05) is 43.5 Å². The van der Waals surface area contributed by atoms with Crippen molar-refractivity contribution in [2.75, 3.05) is 48.4 Å². The number of piperazine rings is 1. The summed E-state index contributed by atoms with van der Waals surface area (Å²) < 4.78 is 45.3. The van der Waals surface area contributed by atoms with Crippen LogP contribution in [0.2, 0.25) is 0 Å². The Morgan fingerprint density at radius 2 is 1.64 bits per heavy atom. The highest BCUT2D eigenvalue weighted by atomic mass is 19.4. The Morgan fingerprint density at radius 3 is 2.25 bits per heavy atom. The van der Waals surface area contributed by atoms with Crippen LogP contribution in [0.1, 0.15) is 15.9 Å². The molecule has 0 spiro atoms. The average Bonchev–Trinajstić information content (AvgIpc) is 2.88. The van der Waals surface area contributed by atoms with Crippen LogP contribution in [0.4, 0.5) is 35.9 Å². The molecule has 36 heavy (non-hydrogen) atoms. The van der Waals surface area contributed by atoms with Crippen LogP contribution in [0.25, 0.3) is 0 Å². The van der Waals surface area contributed by atoms with Gasteiger partial charge in [-0.1, -0.05) is 18.2 Å². The molecule has 0 unspecified atom stereocenters. The van der Waals surface area contributed by atoms with Gasteiger partial charge in [-0.2, -0.15) is 13.2 Å². The molecule has 1 N–H and O–H groups in total. The number of rotatable bonds is 6. The molecule has 0 atom stereocenters. The van der Waals surface area contributed by atoms with Gasteiger partial charge in [-0.05, 0) is 42.5 Å². The smallest absolute Gasteiger partial charge is 0.416 e. The van der Waals surface area contributed by atoms with Crippen LogP contribution >= 0.6 is 0 Å². The lowest BCUT2D eigenvalue weighted by Crippen LogP contribution is -2.46. The van der Waals surface area contributed by atoms with Gasteiger partial charge in [0.05, 0.1) is 29.0 Å². The SMILES string of the molecule is COc1ccc(C(=O)Nc2cc(C(F)(F)F)ccc2N2CCN(c3ccccc3)CC2)cc1[N+](=O)[O-]. The molecule has 188 valence electrons. The second-order valence-electron chi connectivity index (χ2n) is 8.14. The average molecular weight is 500 g/mol. The van der Waals surface area contributed by atoms with E-state index in [1.165, 1.54) is 25.3 Å². The first-order chi connectivity index (χ1) is 17.2. The van der Waals surface area contributed by atoms with Crippen LogP contribution in [-0.2, 0) is 6.18 Å². The van der Waals surface area contributed by atoms with E-state index >= 15 is 0 Å². The Bertz CT molecular complexity index is 1260. The van der Waals surface area contributed by atoms with Gasteiger partial charge in [0.15, 0.2) is 5.75 Å². The molecule has 0 radical (unpaired) electrons. The summed E-state index contributed by atoms with van der Waals surface area (Å²) >= 11 is 0. The fourth-order valence-electron chi connectivity index (χ4n) is 4.10. The summed E-state index contributed by atoms with van der Waals surface area (Å²) in [4.78, 5) is 27.6. The maximum absolute atomic E-state index is 13.4. The lowest BCUT2D eigenvalue weighted by Gasteiger charge is -2.38. The first kappa shape index (κ1) is 24.8. The number of benzene rings is 3. The number of nitro benzene ring substituents is 1. The fourth-order valence-corrected chi connectivity index (χ4v) is 4.10. The molecule has 0 saturated carbocycles. The Hall–Kier alpha value is -4.28. The molecular formula is C25H23F3N4O4. The molecule has 1 aliphatic heterocycles. The van der Waals surface area contributed by atoms with Crippen molar-refractivity contribution in [2.24, 2.45) is 0 Å². The Morgan fingerprint density at radius 1 is 0.972 bits per heavy atom. The van der Waals surface area contributed by atoms with E-state index < -0.39 is 28.3 Å². The zero-order valence-electron chi connectivity index (χ0n) is 19.3. The van der Waals surface area contributed by atoms with Crippen molar-refractivity contribution in [1.82, 2.24) is 0 Å². The van der Waals surface area contributed by atoms with Crippen molar-refractivity contribution >= 4 is 28.7 Å². The van der Waals surface area contributed by atoms with Crippen LogP contribution in [0.3, 0.4) is 0 Å². The summed E-state index contributed by atoms with van der Waals surface area (Å²) in [5.74, 6) is -0.808. The number of amides is 1. The first-order valence-corrected chi connectivity index (χ1v) is 11.1. The van der Waals surface area contributed by atoms with Gasteiger partial charge < -0.3 is 19.9 Å². The van der Waals surface area contributed by atoms with E-state index in [2.05, 4.69) is 10.2 Å². The van der Waals surface area contributed by atoms with Crippen LogP contribution in [0.15, 0.2) is 66.7 Å². The minimum absolute atomic E-state index is 0.0264. The third kappa shape index (κ3) is 5.35. The number of methoxy groups -OCH3 is 1. The first-order valence-electron chi connectivity index (χ1n) is 11.1. The quantitative estimate of drug-likeness (QED) is 0.370. The molecule has 1 saturated heterocycles. The molecule has 0 aromatic heterocycles. The van der Waals surface area contributed by atoms with Gasteiger partial charge in [0.1, 0.15) is 0 Å². The Balaban J connectivity index is 1.60. The van der Waals surface area contributed by atoms with Crippen LogP contribution < -0.4 is 19.9 Å². The molecule has 1 heterocycles. The highest BCUT2D eigenvalue weighted by Gasteiger charge is 2.32. The normalized spacial score (nSPS) is 13.9. The number of alkyl halides is 3. The highest BCUT2D eigenvalue weighted by molar-refractivity contribution is 6.06. The minimum Gasteiger partial charge on any atom is -0.490 e. The maximum Gasteiger partial charge on any atom is 0.416 e. The minimum atomic E-state index is -4.61. The van der Waals surface area contributed by atoms with Gasteiger partial charge in [0.25, 0.3) is 5.91 Å². The van der Waals surface area contributed by atoms with E-state index in [0.717, 1.165) is 23.9 Å². The van der Waals surface area contributed by atoms with E-state index in [1.54, 1.807) is 0 Å². The number of para-hydroxylation sites is 1. The van der Waals surface area contributed by atoms with E-state index in [0.29, 0.717) is 31.9 Å². The molecule has 4 rings (SSSR count). The van der Waals surface area contributed by atoms with Gasteiger partial charge >= 0.3 is 11.9 Å². The third-order valence-corrected chi connectivity index (χ3v) is 5.95. The number of hydrogen-bond acceptors (Lipinski definition) is 6. The molecule has 0 bridgehead atoms. The maximum atomic E-state index is 13.4. The number of carbonyl (C=O) groups excluding carboxylic acids is 1. The van der Waals surface area contributed by atoms with E-state index in [-0.39, 0.29) is 17.0 Å². The number of nitrogens with one attached hydrogen (secondary N) is 1. The number of halogens is 3. The summed E-state index contributed by atoms with van der Waals surface area (Å²) in [7, 11) is 1.26. The number of hydrogen-bond donors (Lipinski definition) is 1. The van der Waals surface area contributed by atoms with Crippen LogP contribution in [0, 0.1) is 10.1 Å². The summed E-state index contributed by atoms with van der Waals surface area (Å²) in [6.07, 6.45) is -4.61. The molecule has 11 heteroatoms. The van der Waals surface area contributed by atoms with E-state index in [4.69, 9.17) is 4.74 Å². The van der Waals surface area contributed by atoms with Crippen molar-refractivity contribution in [2.45, 2.75) is 6.18 Å². The van der Waals surface area contributed by atoms with E-state index in [1.807, 2.05) is 35.2 Å². The van der Waals surface area contributed by atoms with Crippen LogP contribution in [-0.4, -0.2) is 44.1 Å². The largest absolute Gasteiger partial charge is 0.490 e. The molecule has 3 aromatic rings. The molecule has 1 amide bonds. The van der Waals surface area contributed by atoms with Gasteiger partial charge in [0.2, 0.25) is 0 Å². The molecular weight excluding hydrogens is 477 g/mol. The zero-order valence-corrected chi connectivity index (χ0v) is 19.3. The summed E-state index contributed by atoms with van der Waals surface area (Å²) in [6.45, 7) is 2.33. The molecule has 8 nitrogen and oxygen atoms in total. The monoisotopic (exact) mass is 500 g/mol. The number of nitro groups is 1. The van der Waals surface area contributed by atoms with Gasteiger partial charge in [-0.3, -0.25) is 14.9 Å². The van der Waals surface area contributed by atoms with Gasteiger partial charge in [-0.15, -0.1) is 0 Å². The highest BCUT2D eigenvalue weighted by Crippen LogP contribution is 2.36. The van der Waals surface area contributed by atoms with Gasteiger partial charge in [-0.25, -0.2) is 0 Å². The lowest BCUT2D eigenvalue weighted by molar-refractivity contribution is -0.385. The molecule has 1 aliphatic rings. The second kappa shape index (κ2) is 10.1. The predicted octanol–water partition coefficient (Wildman–Crippen LogP) is 5.20.